The van der Waals surface area contributed by atoms with Crippen molar-refractivity contribution in [1.29, 1.82) is 0 Å². The smallest absolute Gasteiger partial charge is 0.225 e. The van der Waals surface area contributed by atoms with Gasteiger partial charge in [0.25, 0.3) is 0 Å². The van der Waals surface area contributed by atoms with Crippen molar-refractivity contribution in [1.82, 2.24) is 10.6 Å². The van der Waals surface area contributed by atoms with Crippen molar-refractivity contribution in [3.05, 3.63) is 0 Å². The lowest BCUT2D eigenvalue weighted by molar-refractivity contribution is -0.126. The summed E-state index contributed by atoms with van der Waals surface area (Å²) in [6, 6.07) is 0. The molecule has 1 aliphatic heterocycles. The molecule has 0 radical (unpaired) electrons. The van der Waals surface area contributed by atoms with Crippen LogP contribution in [0.25, 0.3) is 0 Å². The monoisotopic (exact) mass is 314 g/mol. The molecule has 2 N–H and O–H groups in total. The molecule has 7 heteroatoms. The highest BCUT2D eigenvalue weighted by molar-refractivity contribution is 5.79. The first-order valence-electron chi connectivity index (χ1n) is 7.57. The maximum absolute atomic E-state index is 11.5. The van der Waals surface area contributed by atoms with Crippen molar-refractivity contribution in [3.8, 4) is 12.3 Å². The summed E-state index contributed by atoms with van der Waals surface area (Å²) in [6.45, 7) is 5.97. The largest absolute Gasteiger partial charge is 0.377 e. The van der Waals surface area contributed by atoms with E-state index in [4.69, 9.17) is 25.4 Å². The number of rotatable bonds is 14. The molecule has 0 atom stereocenters. The van der Waals surface area contributed by atoms with Crippen LogP contribution in [0.15, 0.2) is 0 Å². The number of terminal acetylenes is 1. The Bertz CT molecular complexity index is 328. The number of carbonyl (C=O) groups is 1. The molecule has 1 aliphatic rings. The van der Waals surface area contributed by atoms with Crippen LogP contribution in [0.5, 0.6) is 0 Å². The lowest BCUT2D eigenvalue weighted by Crippen LogP contribution is -2.51. The topological polar surface area (TPSA) is 78.1 Å². The van der Waals surface area contributed by atoms with E-state index in [2.05, 4.69) is 16.6 Å². The Hall–Kier alpha value is -1.17. The molecule has 7 nitrogen and oxygen atoms in total. The van der Waals surface area contributed by atoms with E-state index in [1.54, 1.807) is 0 Å². The summed E-state index contributed by atoms with van der Waals surface area (Å²) < 4.78 is 21.0. The van der Waals surface area contributed by atoms with Gasteiger partial charge in [-0.15, -0.1) is 6.42 Å². The Balaban J connectivity index is 1.69. The second-order valence-corrected chi connectivity index (χ2v) is 4.74. The molecule has 1 saturated heterocycles. The highest BCUT2D eigenvalue weighted by Gasteiger charge is 2.23. The predicted octanol–water partition coefficient (Wildman–Crippen LogP) is -0.978. The van der Waals surface area contributed by atoms with Gasteiger partial charge in [-0.1, -0.05) is 5.92 Å². The Morgan fingerprint density at radius 1 is 1.00 bits per heavy atom. The van der Waals surface area contributed by atoms with E-state index in [1.807, 2.05) is 0 Å². The average Bonchev–Trinajstić information content (AvgIpc) is 2.46. The third-order valence-electron chi connectivity index (χ3n) is 3.00. The molecule has 0 spiro atoms. The van der Waals surface area contributed by atoms with Crippen LogP contribution in [-0.4, -0.2) is 78.4 Å². The van der Waals surface area contributed by atoms with Crippen LogP contribution in [0.4, 0.5) is 0 Å². The maximum atomic E-state index is 11.5. The van der Waals surface area contributed by atoms with Crippen molar-refractivity contribution in [2.45, 2.75) is 0 Å². The molecule has 0 aromatic heterocycles. The molecule has 1 fully saturated rings. The lowest BCUT2D eigenvalue weighted by atomic mass is 10.0. The van der Waals surface area contributed by atoms with Crippen molar-refractivity contribution in [2.75, 3.05) is 72.5 Å². The van der Waals surface area contributed by atoms with Gasteiger partial charge < -0.3 is 29.6 Å². The minimum absolute atomic E-state index is 0.0990. The Morgan fingerprint density at radius 2 is 1.55 bits per heavy atom. The van der Waals surface area contributed by atoms with Crippen LogP contribution in [0.3, 0.4) is 0 Å². The molecule has 22 heavy (non-hydrogen) atoms. The molecular formula is C15H26N2O5. The van der Waals surface area contributed by atoms with Crippen LogP contribution < -0.4 is 10.6 Å². The number of hydrogen-bond acceptors (Lipinski definition) is 6. The van der Waals surface area contributed by atoms with Crippen molar-refractivity contribution < 1.29 is 23.7 Å². The minimum atomic E-state index is 0.0990. The first-order chi connectivity index (χ1) is 10.8. The number of ether oxygens (including phenoxy) is 4. The van der Waals surface area contributed by atoms with E-state index in [-0.39, 0.29) is 11.8 Å². The Labute approximate surface area is 132 Å². The minimum Gasteiger partial charge on any atom is -0.377 e. The molecule has 0 aromatic rings. The van der Waals surface area contributed by atoms with Gasteiger partial charge in [0.1, 0.15) is 6.61 Å². The number of hydrogen-bond donors (Lipinski definition) is 2. The molecule has 126 valence electrons. The second-order valence-electron chi connectivity index (χ2n) is 4.74. The summed E-state index contributed by atoms with van der Waals surface area (Å²) in [5, 5.41) is 5.90. The summed E-state index contributed by atoms with van der Waals surface area (Å²) in [4.78, 5) is 11.5. The zero-order chi connectivity index (χ0) is 15.9. The quantitative estimate of drug-likeness (QED) is 0.317. The lowest BCUT2D eigenvalue weighted by Gasteiger charge is -2.25. The van der Waals surface area contributed by atoms with Gasteiger partial charge in [0, 0.05) is 19.6 Å². The molecule has 1 amide bonds. The highest BCUT2D eigenvalue weighted by Crippen LogP contribution is 2.01. The summed E-state index contributed by atoms with van der Waals surface area (Å²) in [5.74, 6) is 2.61. The molecule has 0 unspecified atom stereocenters. The third-order valence-corrected chi connectivity index (χ3v) is 3.00. The first-order valence-corrected chi connectivity index (χ1v) is 7.57. The van der Waals surface area contributed by atoms with Gasteiger partial charge >= 0.3 is 0 Å². The summed E-state index contributed by atoms with van der Waals surface area (Å²) in [7, 11) is 0. The predicted molar refractivity (Wildman–Crippen MR) is 81.5 cm³/mol. The molecule has 0 bridgehead atoms. The summed E-state index contributed by atoms with van der Waals surface area (Å²) in [5.41, 5.74) is 0. The third kappa shape index (κ3) is 9.71. The van der Waals surface area contributed by atoms with E-state index >= 15 is 0 Å². The van der Waals surface area contributed by atoms with Gasteiger partial charge in [-0.05, 0) is 0 Å². The van der Waals surface area contributed by atoms with Crippen LogP contribution in [0, 0.1) is 18.3 Å². The molecule has 1 heterocycles. The normalized spacial score (nSPS) is 14.3. The van der Waals surface area contributed by atoms with E-state index in [1.165, 1.54) is 0 Å². The fourth-order valence-electron chi connectivity index (χ4n) is 1.66. The zero-order valence-electron chi connectivity index (χ0n) is 13.0. The van der Waals surface area contributed by atoms with Gasteiger partial charge in [0.05, 0.1) is 52.2 Å². The van der Waals surface area contributed by atoms with Gasteiger partial charge in [-0.2, -0.15) is 0 Å². The van der Waals surface area contributed by atoms with Gasteiger partial charge in [0.15, 0.2) is 0 Å². The van der Waals surface area contributed by atoms with Crippen molar-refractivity contribution in [3.63, 3.8) is 0 Å². The molecule has 0 aromatic carbocycles. The molecule has 0 saturated carbocycles. The summed E-state index contributed by atoms with van der Waals surface area (Å²) >= 11 is 0. The van der Waals surface area contributed by atoms with Crippen LogP contribution in [0.2, 0.25) is 0 Å². The van der Waals surface area contributed by atoms with Gasteiger partial charge in [-0.3, -0.25) is 4.79 Å². The van der Waals surface area contributed by atoms with Gasteiger partial charge in [-0.25, -0.2) is 0 Å². The number of nitrogens with one attached hydrogen (secondary N) is 2. The van der Waals surface area contributed by atoms with Crippen LogP contribution in [0.1, 0.15) is 0 Å². The van der Waals surface area contributed by atoms with Crippen molar-refractivity contribution >= 4 is 5.91 Å². The molecular weight excluding hydrogens is 288 g/mol. The van der Waals surface area contributed by atoms with Gasteiger partial charge in [0.2, 0.25) is 5.91 Å². The standard InChI is InChI=1S/C15H26N2O5/c1-2-4-19-6-8-21-10-11-22-9-7-20-5-3-17-15(18)14-12-16-13-14/h1,14,16H,3-13H2,(H,17,18). The van der Waals surface area contributed by atoms with E-state index in [0.717, 1.165) is 13.1 Å². The van der Waals surface area contributed by atoms with E-state index < -0.39 is 0 Å². The zero-order valence-corrected chi connectivity index (χ0v) is 13.0. The average molecular weight is 314 g/mol. The van der Waals surface area contributed by atoms with Crippen molar-refractivity contribution in [2.24, 2.45) is 5.92 Å². The second kappa shape index (κ2) is 13.5. The highest BCUT2D eigenvalue weighted by atomic mass is 16.6. The fraction of sp³-hybridized carbons (Fsp3) is 0.800. The van der Waals surface area contributed by atoms with E-state index in [9.17, 15) is 4.79 Å². The molecule has 1 rings (SSSR count). The SMILES string of the molecule is C#CCOCCOCCOCCOCCNC(=O)C1CNC1. The first kappa shape index (κ1) is 18.9. The maximum Gasteiger partial charge on any atom is 0.225 e. The van der Waals surface area contributed by atoms with Crippen LogP contribution >= 0.6 is 0 Å². The number of carbonyl (C=O) groups excluding carboxylic acids is 1. The number of amides is 1. The van der Waals surface area contributed by atoms with E-state index in [0.29, 0.717) is 59.4 Å². The Kier molecular flexibility index (Phi) is 11.6. The molecule has 0 aliphatic carbocycles. The fourth-order valence-corrected chi connectivity index (χ4v) is 1.66. The summed E-state index contributed by atoms with van der Waals surface area (Å²) in [6.07, 6.45) is 5.03. The van der Waals surface area contributed by atoms with Crippen LogP contribution in [-0.2, 0) is 23.7 Å². The Morgan fingerprint density at radius 3 is 2.05 bits per heavy atom.